The summed E-state index contributed by atoms with van der Waals surface area (Å²) in [5.41, 5.74) is 0. The van der Waals surface area contributed by atoms with Gasteiger partial charge in [-0.25, -0.2) is 0 Å². The molecule has 0 radical (unpaired) electrons. The maximum absolute atomic E-state index is 5.80. The molecule has 1 aromatic heterocycles. The maximum Gasteiger partial charge on any atom is 0.104 e. The molecule has 1 aliphatic rings. The highest BCUT2D eigenvalue weighted by molar-refractivity contribution is 7.99. The van der Waals surface area contributed by atoms with Crippen molar-refractivity contribution in [3.05, 3.63) is 16.8 Å². The van der Waals surface area contributed by atoms with E-state index in [2.05, 4.69) is 16.8 Å². The summed E-state index contributed by atoms with van der Waals surface area (Å²) < 4.78 is 16.4. The third-order valence-electron chi connectivity index (χ3n) is 2.36. The minimum absolute atomic E-state index is 0.157. The highest BCUT2D eigenvalue weighted by Crippen LogP contribution is 2.22. The van der Waals surface area contributed by atoms with E-state index in [0.29, 0.717) is 19.3 Å². The summed E-state index contributed by atoms with van der Waals surface area (Å²) in [6.07, 6.45) is 0.481. The van der Waals surface area contributed by atoms with Gasteiger partial charge in [-0.2, -0.15) is 11.3 Å². The SMILES string of the molecule is CC.CCOCC(CSc1ccsc1)OCC1CO1. The zero-order valence-corrected chi connectivity index (χ0v) is 13.6. The first-order chi connectivity index (χ1) is 9.38. The molecule has 0 spiro atoms. The summed E-state index contributed by atoms with van der Waals surface area (Å²) in [7, 11) is 0. The van der Waals surface area contributed by atoms with Crippen molar-refractivity contribution in [3.63, 3.8) is 0 Å². The third kappa shape index (κ3) is 7.95. The molecule has 3 nitrogen and oxygen atoms in total. The van der Waals surface area contributed by atoms with Gasteiger partial charge in [-0.15, -0.1) is 11.8 Å². The summed E-state index contributed by atoms with van der Waals surface area (Å²) in [5, 5.41) is 4.26. The van der Waals surface area contributed by atoms with E-state index in [4.69, 9.17) is 14.2 Å². The van der Waals surface area contributed by atoms with E-state index in [0.717, 1.165) is 19.0 Å². The zero-order valence-electron chi connectivity index (χ0n) is 12.0. The van der Waals surface area contributed by atoms with E-state index in [1.165, 1.54) is 4.90 Å². The van der Waals surface area contributed by atoms with Crippen molar-refractivity contribution in [2.24, 2.45) is 0 Å². The number of epoxide rings is 1. The second-order valence-electron chi connectivity index (χ2n) is 3.84. The molecule has 0 aliphatic carbocycles. The molecule has 0 bridgehead atoms. The lowest BCUT2D eigenvalue weighted by Gasteiger charge is -2.16. The van der Waals surface area contributed by atoms with E-state index >= 15 is 0 Å². The topological polar surface area (TPSA) is 31.0 Å². The Hall–Kier alpha value is -0.0700. The molecule has 19 heavy (non-hydrogen) atoms. The summed E-state index contributed by atoms with van der Waals surface area (Å²) in [6.45, 7) is 8.96. The smallest absolute Gasteiger partial charge is 0.104 e. The number of rotatable bonds is 9. The van der Waals surface area contributed by atoms with Crippen LogP contribution in [0.25, 0.3) is 0 Å². The second-order valence-corrected chi connectivity index (χ2v) is 5.71. The molecule has 0 aromatic carbocycles. The van der Waals surface area contributed by atoms with Crippen LogP contribution in [0.4, 0.5) is 0 Å². The molecule has 1 fully saturated rings. The summed E-state index contributed by atoms with van der Waals surface area (Å²) in [4.78, 5) is 1.31. The van der Waals surface area contributed by atoms with Gasteiger partial charge in [0.25, 0.3) is 0 Å². The molecule has 1 aliphatic heterocycles. The Labute approximate surface area is 124 Å². The predicted octanol–water partition coefficient (Wildman–Crippen LogP) is 3.69. The van der Waals surface area contributed by atoms with Crippen LogP contribution >= 0.6 is 23.1 Å². The van der Waals surface area contributed by atoms with E-state index in [-0.39, 0.29) is 6.10 Å². The molecule has 0 saturated carbocycles. The second kappa shape index (κ2) is 10.7. The van der Waals surface area contributed by atoms with Gasteiger partial charge in [0.15, 0.2) is 0 Å². The fraction of sp³-hybridized carbons (Fsp3) is 0.714. The molecule has 0 amide bonds. The van der Waals surface area contributed by atoms with Crippen LogP contribution in [0.1, 0.15) is 20.8 Å². The van der Waals surface area contributed by atoms with Gasteiger partial charge in [-0.05, 0) is 18.4 Å². The van der Waals surface area contributed by atoms with Crippen LogP contribution in [0, 0.1) is 0 Å². The van der Waals surface area contributed by atoms with E-state index in [1.807, 2.05) is 32.5 Å². The first-order valence-electron chi connectivity index (χ1n) is 6.84. The quantitative estimate of drug-likeness (QED) is 0.514. The van der Waals surface area contributed by atoms with Crippen molar-refractivity contribution in [2.45, 2.75) is 37.9 Å². The van der Waals surface area contributed by atoms with Crippen LogP contribution in [0.5, 0.6) is 0 Å². The van der Waals surface area contributed by atoms with E-state index in [1.54, 1.807) is 11.3 Å². The van der Waals surface area contributed by atoms with Crippen LogP contribution in [0.15, 0.2) is 21.7 Å². The maximum atomic E-state index is 5.80. The molecule has 2 unspecified atom stereocenters. The van der Waals surface area contributed by atoms with Gasteiger partial charge in [-0.3, -0.25) is 0 Å². The van der Waals surface area contributed by atoms with Crippen molar-refractivity contribution in [2.75, 3.05) is 32.2 Å². The zero-order chi connectivity index (χ0) is 13.9. The van der Waals surface area contributed by atoms with Gasteiger partial charge in [-0.1, -0.05) is 13.8 Å². The lowest BCUT2D eigenvalue weighted by Crippen LogP contribution is -2.24. The minimum Gasteiger partial charge on any atom is -0.379 e. The fourth-order valence-corrected chi connectivity index (χ4v) is 3.10. The minimum atomic E-state index is 0.157. The Kier molecular flexibility index (Phi) is 9.55. The largest absolute Gasteiger partial charge is 0.379 e. The van der Waals surface area contributed by atoms with Crippen molar-refractivity contribution in [1.29, 1.82) is 0 Å². The highest BCUT2D eigenvalue weighted by atomic mass is 32.2. The average molecular weight is 304 g/mol. The molecule has 1 saturated heterocycles. The Bertz CT molecular complexity index is 300. The van der Waals surface area contributed by atoms with Crippen molar-refractivity contribution < 1.29 is 14.2 Å². The first-order valence-corrected chi connectivity index (χ1v) is 8.77. The van der Waals surface area contributed by atoms with E-state index in [9.17, 15) is 0 Å². The Morgan fingerprint density at radius 1 is 1.53 bits per heavy atom. The highest BCUT2D eigenvalue weighted by Gasteiger charge is 2.24. The number of ether oxygens (including phenoxy) is 3. The van der Waals surface area contributed by atoms with Crippen molar-refractivity contribution in [1.82, 2.24) is 0 Å². The van der Waals surface area contributed by atoms with Gasteiger partial charge in [0.05, 0.1) is 25.9 Å². The normalized spacial score (nSPS) is 18.6. The number of hydrogen-bond donors (Lipinski definition) is 0. The fourth-order valence-electron chi connectivity index (χ4n) is 1.32. The molecule has 5 heteroatoms. The predicted molar refractivity (Wildman–Crippen MR) is 82.4 cm³/mol. The molecular weight excluding hydrogens is 280 g/mol. The average Bonchev–Trinajstić information content (AvgIpc) is 3.14. The van der Waals surface area contributed by atoms with Gasteiger partial charge < -0.3 is 14.2 Å². The Balaban J connectivity index is 0.000000861. The van der Waals surface area contributed by atoms with Gasteiger partial charge in [0.1, 0.15) is 6.10 Å². The van der Waals surface area contributed by atoms with Gasteiger partial charge in [0.2, 0.25) is 0 Å². The standard InChI is InChI=1S/C12H18O3S2.C2H6/c1-2-13-5-11(15-7-10-6-14-10)8-17-12-3-4-16-9-12;1-2/h3-4,9-11H,2,5-8H2,1H3;1-2H3. The van der Waals surface area contributed by atoms with E-state index < -0.39 is 0 Å². The van der Waals surface area contributed by atoms with Crippen molar-refractivity contribution >= 4 is 23.1 Å². The number of thiophene rings is 1. The molecule has 2 heterocycles. The summed E-state index contributed by atoms with van der Waals surface area (Å²) in [6, 6.07) is 2.14. The monoisotopic (exact) mass is 304 g/mol. The van der Waals surface area contributed by atoms with Gasteiger partial charge in [0, 0.05) is 22.6 Å². The van der Waals surface area contributed by atoms with Crippen LogP contribution in [-0.2, 0) is 14.2 Å². The Morgan fingerprint density at radius 2 is 2.32 bits per heavy atom. The molecule has 2 atom stereocenters. The lowest BCUT2D eigenvalue weighted by molar-refractivity contribution is -0.00597. The molecular formula is C14H24O3S2. The van der Waals surface area contributed by atoms with Crippen molar-refractivity contribution in [3.8, 4) is 0 Å². The number of thioether (sulfide) groups is 1. The molecule has 1 aromatic rings. The van der Waals surface area contributed by atoms with Gasteiger partial charge >= 0.3 is 0 Å². The molecule has 2 rings (SSSR count). The van der Waals surface area contributed by atoms with Crippen LogP contribution in [0.2, 0.25) is 0 Å². The van der Waals surface area contributed by atoms with Crippen LogP contribution in [0.3, 0.4) is 0 Å². The van der Waals surface area contributed by atoms with Crippen LogP contribution < -0.4 is 0 Å². The summed E-state index contributed by atoms with van der Waals surface area (Å²) >= 11 is 3.55. The third-order valence-corrected chi connectivity index (χ3v) is 4.32. The lowest BCUT2D eigenvalue weighted by atomic mass is 10.4. The number of hydrogen-bond acceptors (Lipinski definition) is 5. The Morgan fingerprint density at radius 3 is 2.89 bits per heavy atom. The first kappa shape index (κ1) is 17.0. The van der Waals surface area contributed by atoms with Crippen LogP contribution in [-0.4, -0.2) is 44.4 Å². The summed E-state index contributed by atoms with van der Waals surface area (Å²) in [5.74, 6) is 0.934. The molecule has 0 N–H and O–H groups in total. The molecule has 110 valence electrons.